The van der Waals surface area contributed by atoms with Crippen LogP contribution in [0, 0.1) is 0 Å². The average Bonchev–Trinajstić information content (AvgIpc) is 2.60. The van der Waals surface area contributed by atoms with Gasteiger partial charge in [-0.05, 0) is 62.7 Å². The first kappa shape index (κ1) is 18.0. The summed E-state index contributed by atoms with van der Waals surface area (Å²) >= 11 is 0. The highest BCUT2D eigenvalue weighted by Crippen LogP contribution is 2.23. The minimum atomic E-state index is 0.688. The summed E-state index contributed by atoms with van der Waals surface area (Å²) in [6.45, 7) is 3.42. The maximum absolute atomic E-state index is 8.74. The van der Waals surface area contributed by atoms with Crippen LogP contribution in [0.1, 0.15) is 18.9 Å². The van der Waals surface area contributed by atoms with E-state index in [0.717, 1.165) is 30.8 Å². The number of aryl methyl sites for hydroxylation is 1. The van der Waals surface area contributed by atoms with Gasteiger partial charge in [-0.1, -0.05) is 41.6 Å². The lowest BCUT2D eigenvalue weighted by atomic mass is 10.0. The SMILES string of the molecule is C/C(CCc1cccc(-c2ccc(OCCN(C)C)cc2)c1)=N\O. The topological polar surface area (TPSA) is 45.1 Å². The molecule has 128 valence electrons. The number of rotatable bonds is 8. The third kappa shape index (κ3) is 5.70. The zero-order chi connectivity index (χ0) is 17.4. The van der Waals surface area contributed by atoms with Crippen molar-refractivity contribution in [3.63, 3.8) is 0 Å². The Morgan fingerprint density at radius 3 is 2.50 bits per heavy atom. The lowest BCUT2D eigenvalue weighted by molar-refractivity contribution is 0.261. The van der Waals surface area contributed by atoms with Crippen molar-refractivity contribution in [3.05, 3.63) is 54.1 Å². The van der Waals surface area contributed by atoms with E-state index in [1.165, 1.54) is 16.7 Å². The first-order valence-electron chi connectivity index (χ1n) is 8.23. The Labute approximate surface area is 144 Å². The molecule has 0 aliphatic heterocycles. The fraction of sp³-hybridized carbons (Fsp3) is 0.350. The molecule has 2 rings (SSSR count). The van der Waals surface area contributed by atoms with Crippen LogP contribution in [0.25, 0.3) is 11.1 Å². The molecule has 0 saturated carbocycles. The second kappa shape index (κ2) is 9.08. The predicted molar refractivity (Wildman–Crippen MR) is 99.1 cm³/mol. The molecular formula is C20H26N2O2. The minimum Gasteiger partial charge on any atom is -0.492 e. The van der Waals surface area contributed by atoms with Crippen molar-refractivity contribution in [2.75, 3.05) is 27.2 Å². The van der Waals surface area contributed by atoms with Gasteiger partial charge in [-0.15, -0.1) is 0 Å². The first-order valence-corrected chi connectivity index (χ1v) is 8.23. The number of ether oxygens (including phenoxy) is 1. The Hall–Kier alpha value is -2.33. The highest BCUT2D eigenvalue weighted by atomic mass is 16.5. The smallest absolute Gasteiger partial charge is 0.119 e. The van der Waals surface area contributed by atoms with Gasteiger partial charge in [-0.3, -0.25) is 0 Å². The molecule has 0 aliphatic carbocycles. The molecule has 24 heavy (non-hydrogen) atoms. The molecule has 2 aromatic carbocycles. The normalized spacial score (nSPS) is 11.8. The van der Waals surface area contributed by atoms with Gasteiger partial charge in [-0.25, -0.2) is 0 Å². The summed E-state index contributed by atoms with van der Waals surface area (Å²) in [6.07, 6.45) is 1.63. The summed E-state index contributed by atoms with van der Waals surface area (Å²) in [7, 11) is 4.07. The predicted octanol–water partition coefficient (Wildman–Crippen LogP) is 4.08. The molecule has 0 aromatic heterocycles. The summed E-state index contributed by atoms with van der Waals surface area (Å²) < 4.78 is 5.73. The zero-order valence-electron chi connectivity index (χ0n) is 14.7. The maximum atomic E-state index is 8.74. The highest BCUT2D eigenvalue weighted by Gasteiger charge is 2.02. The van der Waals surface area contributed by atoms with Gasteiger partial charge in [0.05, 0.1) is 5.71 Å². The molecule has 2 aromatic rings. The Bertz CT molecular complexity index is 664. The molecular weight excluding hydrogens is 300 g/mol. The van der Waals surface area contributed by atoms with Crippen LogP contribution < -0.4 is 4.74 Å². The quantitative estimate of drug-likeness (QED) is 0.452. The van der Waals surface area contributed by atoms with Gasteiger partial charge in [0, 0.05) is 6.54 Å². The second-order valence-corrected chi connectivity index (χ2v) is 6.21. The van der Waals surface area contributed by atoms with Crippen LogP contribution in [0.2, 0.25) is 0 Å². The number of nitrogens with zero attached hydrogens (tertiary/aromatic N) is 2. The van der Waals surface area contributed by atoms with E-state index < -0.39 is 0 Å². The van der Waals surface area contributed by atoms with Crippen molar-refractivity contribution in [3.8, 4) is 16.9 Å². The number of likely N-dealkylation sites (N-methyl/N-ethyl adjacent to an activating group) is 1. The third-order valence-electron chi connectivity index (χ3n) is 3.87. The van der Waals surface area contributed by atoms with Gasteiger partial charge in [0.2, 0.25) is 0 Å². The third-order valence-corrected chi connectivity index (χ3v) is 3.87. The Balaban J connectivity index is 2.00. The molecule has 1 N–H and O–H groups in total. The van der Waals surface area contributed by atoms with Crippen molar-refractivity contribution in [1.29, 1.82) is 0 Å². The van der Waals surface area contributed by atoms with E-state index in [1.54, 1.807) is 0 Å². The van der Waals surface area contributed by atoms with Crippen LogP contribution in [-0.2, 0) is 6.42 Å². The molecule has 4 heteroatoms. The first-order chi connectivity index (χ1) is 11.6. The van der Waals surface area contributed by atoms with Crippen molar-refractivity contribution < 1.29 is 9.94 Å². The van der Waals surface area contributed by atoms with Crippen LogP contribution in [0.5, 0.6) is 5.75 Å². The Morgan fingerprint density at radius 2 is 1.83 bits per heavy atom. The molecule has 0 bridgehead atoms. The molecule has 0 atom stereocenters. The molecule has 0 amide bonds. The molecule has 0 unspecified atom stereocenters. The fourth-order valence-corrected chi connectivity index (χ4v) is 2.37. The summed E-state index contributed by atoms with van der Waals surface area (Å²) in [5, 5.41) is 12.0. The molecule has 0 fully saturated rings. The maximum Gasteiger partial charge on any atom is 0.119 e. The van der Waals surface area contributed by atoms with E-state index in [0.29, 0.717) is 6.61 Å². The molecule has 0 spiro atoms. The molecule has 0 aliphatic rings. The lowest BCUT2D eigenvalue weighted by Crippen LogP contribution is -2.19. The summed E-state index contributed by atoms with van der Waals surface area (Å²) in [6, 6.07) is 16.7. The average molecular weight is 326 g/mol. The van der Waals surface area contributed by atoms with Gasteiger partial charge in [-0.2, -0.15) is 0 Å². The van der Waals surface area contributed by atoms with E-state index >= 15 is 0 Å². The minimum absolute atomic E-state index is 0.688. The van der Waals surface area contributed by atoms with Crippen LogP contribution in [0.15, 0.2) is 53.7 Å². The Kier molecular flexibility index (Phi) is 6.82. The molecule has 0 saturated heterocycles. The van der Waals surface area contributed by atoms with Crippen LogP contribution >= 0.6 is 0 Å². The molecule has 4 nitrogen and oxygen atoms in total. The van der Waals surface area contributed by atoms with Crippen molar-refractivity contribution >= 4 is 5.71 Å². The van der Waals surface area contributed by atoms with Gasteiger partial charge in [0.25, 0.3) is 0 Å². The number of hydrogen-bond acceptors (Lipinski definition) is 4. The van der Waals surface area contributed by atoms with E-state index in [4.69, 9.17) is 9.94 Å². The summed E-state index contributed by atoms with van der Waals surface area (Å²) in [5.74, 6) is 0.895. The van der Waals surface area contributed by atoms with Crippen molar-refractivity contribution in [2.24, 2.45) is 5.16 Å². The Morgan fingerprint density at radius 1 is 1.08 bits per heavy atom. The van der Waals surface area contributed by atoms with Gasteiger partial charge in [0.15, 0.2) is 0 Å². The lowest BCUT2D eigenvalue weighted by Gasteiger charge is -2.11. The number of benzene rings is 2. The molecule has 0 heterocycles. The summed E-state index contributed by atoms with van der Waals surface area (Å²) in [4.78, 5) is 2.10. The van der Waals surface area contributed by atoms with E-state index in [1.807, 2.05) is 33.2 Å². The molecule has 0 radical (unpaired) electrons. The summed E-state index contributed by atoms with van der Waals surface area (Å²) in [5.41, 5.74) is 4.34. The standard InChI is InChI=1S/C20H26N2O2/c1-16(21-23)7-8-17-5-4-6-19(15-17)18-9-11-20(12-10-18)24-14-13-22(2)3/h4-6,9-12,15,23H,7-8,13-14H2,1-3H3/b21-16+. The van der Waals surface area contributed by atoms with Crippen molar-refractivity contribution in [1.82, 2.24) is 4.90 Å². The largest absolute Gasteiger partial charge is 0.492 e. The van der Waals surface area contributed by atoms with Gasteiger partial charge in [0.1, 0.15) is 12.4 Å². The van der Waals surface area contributed by atoms with Crippen molar-refractivity contribution in [2.45, 2.75) is 19.8 Å². The zero-order valence-corrected chi connectivity index (χ0v) is 14.7. The van der Waals surface area contributed by atoms with Crippen LogP contribution in [-0.4, -0.2) is 43.1 Å². The highest BCUT2D eigenvalue weighted by molar-refractivity contribution is 5.81. The van der Waals surface area contributed by atoms with Gasteiger partial charge >= 0.3 is 0 Å². The number of hydrogen-bond donors (Lipinski definition) is 1. The monoisotopic (exact) mass is 326 g/mol. The number of oxime groups is 1. The van der Waals surface area contributed by atoms with Crippen LogP contribution in [0.4, 0.5) is 0 Å². The van der Waals surface area contributed by atoms with Gasteiger partial charge < -0.3 is 14.8 Å². The van der Waals surface area contributed by atoms with E-state index in [9.17, 15) is 0 Å². The fourth-order valence-electron chi connectivity index (χ4n) is 2.37. The van der Waals surface area contributed by atoms with E-state index in [-0.39, 0.29) is 0 Å². The van der Waals surface area contributed by atoms with Crippen LogP contribution in [0.3, 0.4) is 0 Å². The van der Waals surface area contributed by atoms with E-state index in [2.05, 4.69) is 46.5 Å². The second-order valence-electron chi connectivity index (χ2n) is 6.21.